The second-order valence-corrected chi connectivity index (χ2v) is 3.39. The van der Waals surface area contributed by atoms with Crippen molar-refractivity contribution in [3.8, 4) is 0 Å². The summed E-state index contributed by atoms with van der Waals surface area (Å²) < 4.78 is 0. The Bertz CT molecular complexity index is 291. The van der Waals surface area contributed by atoms with Crippen molar-refractivity contribution in [3.63, 3.8) is 0 Å². The molecule has 0 amide bonds. The molecule has 0 heterocycles. The number of rotatable bonds is 3. The zero-order valence-electron chi connectivity index (χ0n) is 9.57. The Kier molecular flexibility index (Phi) is 7.16. The first-order chi connectivity index (χ1) is 7.11. The van der Waals surface area contributed by atoms with Crippen LogP contribution in [0.1, 0.15) is 38.7 Å². The first-order valence-corrected chi connectivity index (χ1v) is 5.11. The van der Waals surface area contributed by atoms with E-state index in [0.717, 1.165) is 11.8 Å². The van der Waals surface area contributed by atoms with Crippen molar-refractivity contribution in [3.05, 3.63) is 35.9 Å². The van der Waals surface area contributed by atoms with Crippen molar-refractivity contribution in [1.82, 2.24) is 0 Å². The largest absolute Gasteiger partial charge is 0.303 e. The van der Waals surface area contributed by atoms with Crippen LogP contribution in [0.5, 0.6) is 0 Å². The molecule has 0 saturated carbocycles. The molecule has 0 saturated heterocycles. The van der Waals surface area contributed by atoms with Crippen LogP contribution >= 0.6 is 0 Å². The van der Waals surface area contributed by atoms with Gasteiger partial charge in [-0.15, -0.1) is 0 Å². The molecule has 1 unspecified atom stereocenters. The average Bonchev–Trinajstić information content (AvgIpc) is 2.30. The van der Waals surface area contributed by atoms with Gasteiger partial charge in [0.2, 0.25) is 0 Å². The summed E-state index contributed by atoms with van der Waals surface area (Å²) in [5.74, 6) is 0.284. The number of hydrogen-bond acceptors (Lipinski definition) is 2. The molecule has 0 radical (unpaired) electrons. The summed E-state index contributed by atoms with van der Waals surface area (Å²) >= 11 is 0. The highest BCUT2D eigenvalue weighted by atomic mass is 16.1. The molecule has 0 aromatic heterocycles. The third-order valence-electron chi connectivity index (χ3n) is 2.03. The zero-order valence-corrected chi connectivity index (χ0v) is 9.57. The number of benzene rings is 1. The Morgan fingerprint density at radius 2 is 1.80 bits per heavy atom. The molecule has 1 aromatic carbocycles. The maximum absolute atomic E-state index is 10.3. The van der Waals surface area contributed by atoms with E-state index in [1.165, 1.54) is 0 Å². The Morgan fingerprint density at radius 1 is 1.33 bits per heavy atom. The summed E-state index contributed by atoms with van der Waals surface area (Å²) in [4.78, 5) is 20.1. The first kappa shape index (κ1) is 13.6. The van der Waals surface area contributed by atoms with Gasteiger partial charge in [-0.2, -0.15) is 0 Å². The lowest BCUT2D eigenvalue weighted by atomic mass is 10.0. The molecule has 0 fully saturated rings. The van der Waals surface area contributed by atoms with Gasteiger partial charge in [0.15, 0.2) is 0 Å². The Hall–Kier alpha value is -1.44. The molecule has 0 aliphatic carbocycles. The van der Waals surface area contributed by atoms with Gasteiger partial charge in [0.25, 0.3) is 0 Å². The zero-order chi connectivity index (χ0) is 11.7. The molecule has 15 heavy (non-hydrogen) atoms. The van der Waals surface area contributed by atoms with Gasteiger partial charge < -0.3 is 9.59 Å². The maximum atomic E-state index is 10.3. The van der Waals surface area contributed by atoms with Crippen molar-refractivity contribution < 1.29 is 9.59 Å². The van der Waals surface area contributed by atoms with Crippen molar-refractivity contribution >= 4 is 12.1 Å². The van der Waals surface area contributed by atoms with Crippen LogP contribution in [-0.2, 0) is 9.59 Å². The average molecular weight is 206 g/mol. The molecule has 82 valence electrons. The first-order valence-electron chi connectivity index (χ1n) is 5.11. The Labute approximate surface area is 91.3 Å². The predicted octanol–water partition coefficient (Wildman–Crippen LogP) is 2.97. The highest BCUT2D eigenvalue weighted by molar-refractivity contribution is 5.74. The summed E-state index contributed by atoms with van der Waals surface area (Å²) in [6.07, 6.45) is 1.62. The SMILES string of the molecule is CC(C=O)c1ccccc1.CCC(C)=O. The molecule has 2 nitrogen and oxygen atoms in total. The number of aldehydes is 1. The van der Waals surface area contributed by atoms with Gasteiger partial charge in [0.05, 0.1) is 0 Å². The third kappa shape index (κ3) is 6.61. The van der Waals surface area contributed by atoms with E-state index in [1.54, 1.807) is 6.92 Å². The van der Waals surface area contributed by atoms with Crippen LogP contribution < -0.4 is 0 Å². The van der Waals surface area contributed by atoms with E-state index in [9.17, 15) is 9.59 Å². The highest BCUT2D eigenvalue weighted by Crippen LogP contribution is 2.10. The third-order valence-corrected chi connectivity index (χ3v) is 2.03. The predicted molar refractivity (Wildman–Crippen MR) is 61.9 cm³/mol. The van der Waals surface area contributed by atoms with Crippen LogP contribution in [0.25, 0.3) is 0 Å². The van der Waals surface area contributed by atoms with E-state index >= 15 is 0 Å². The van der Waals surface area contributed by atoms with Crippen molar-refractivity contribution in [2.45, 2.75) is 33.1 Å². The molecule has 0 bridgehead atoms. The van der Waals surface area contributed by atoms with E-state index in [0.29, 0.717) is 6.42 Å². The quantitative estimate of drug-likeness (QED) is 0.712. The van der Waals surface area contributed by atoms with Crippen LogP contribution in [-0.4, -0.2) is 12.1 Å². The number of carbonyl (C=O) groups is 2. The monoisotopic (exact) mass is 206 g/mol. The molecule has 2 heteroatoms. The van der Waals surface area contributed by atoms with Crippen molar-refractivity contribution in [1.29, 1.82) is 0 Å². The lowest BCUT2D eigenvalue weighted by Gasteiger charge is -2.00. The van der Waals surface area contributed by atoms with Gasteiger partial charge >= 0.3 is 0 Å². The van der Waals surface area contributed by atoms with Crippen LogP contribution in [0.15, 0.2) is 30.3 Å². The molecule has 1 atom stereocenters. The fourth-order valence-electron chi connectivity index (χ4n) is 0.835. The fourth-order valence-corrected chi connectivity index (χ4v) is 0.835. The molecule has 0 aliphatic rings. The Morgan fingerprint density at radius 3 is 2.13 bits per heavy atom. The standard InChI is InChI=1S/C9H10O.C4H8O/c1-8(7-10)9-5-3-2-4-6-9;1-3-4(2)5/h2-8H,1H3;3H2,1-2H3. The van der Waals surface area contributed by atoms with Crippen LogP contribution in [0.4, 0.5) is 0 Å². The minimum Gasteiger partial charge on any atom is -0.303 e. The van der Waals surface area contributed by atoms with E-state index in [-0.39, 0.29) is 11.7 Å². The number of hydrogen-bond donors (Lipinski definition) is 0. The number of ketones is 1. The van der Waals surface area contributed by atoms with Crippen LogP contribution in [0.3, 0.4) is 0 Å². The minimum absolute atomic E-state index is 0.0289. The van der Waals surface area contributed by atoms with Gasteiger partial charge in [-0.25, -0.2) is 0 Å². The smallest absolute Gasteiger partial charge is 0.129 e. The molecule has 1 aromatic rings. The summed E-state index contributed by atoms with van der Waals surface area (Å²) in [6, 6.07) is 9.74. The second-order valence-electron chi connectivity index (χ2n) is 3.39. The minimum atomic E-state index is 0.0289. The van der Waals surface area contributed by atoms with Crippen LogP contribution in [0, 0.1) is 0 Å². The van der Waals surface area contributed by atoms with E-state index in [2.05, 4.69) is 0 Å². The van der Waals surface area contributed by atoms with E-state index in [1.807, 2.05) is 44.2 Å². The highest BCUT2D eigenvalue weighted by Gasteiger charge is 1.99. The summed E-state index contributed by atoms with van der Waals surface area (Å²) in [6.45, 7) is 5.32. The Balaban J connectivity index is 0.000000336. The molecule has 0 N–H and O–H groups in total. The molecular weight excluding hydrogens is 188 g/mol. The van der Waals surface area contributed by atoms with Gasteiger partial charge in [0, 0.05) is 12.3 Å². The van der Waals surface area contributed by atoms with E-state index in [4.69, 9.17) is 0 Å². The van der Waals surface area contributed by atoms with Gasteiger partial charge in [-0.1, -0.05) is 44.2 Å². The van der Waals surface area contributed by atoms with Crippen molar-refractivity contribution in [2.75, 3.05) is 0 Å². The lowest BCUT2D eigenvalue weighted by Crippen LogP contribution is -1.92. The van der Waals surface area contributed by atoms with Gasteiger partial charge in [0.1, 0.15) is 12.1 Å². The van der Waals surface area contributed by atoms with Gasteiger partial charge in [-0.05, 0) is 12.5 Å². The van der Waals surface area contributed by atoms with Crippen molar-refractivity contribution in [2.24, 2.45) is 0 Å². The second kappa shape index (κ2) is 7.92. The van der Waals surface area contributed by atoms with Crippen LogP contribution in [0.2, 0.25) is 0 Å². The molecule has 0 spiro atoms. The van der Waals surface area contributed by atoms with Gasteiger partial charge in [-0.3, -0.25) is 0 Å². The molecular formula is C13H18O2. The number of carbonyl (C=O) groups excluding carboxylic acids is 2. The molecule has 1 rings (SSSR count). The summed E-state index contributed by atoms with van der Waals surface area (Å²) in [7, 11) is 0. The summed E-state index contributed by atoms with van der Waals surface area (Å²) in [5.41, 5.74) is 1.08. The summed E-state index contributed by atoms with van der Waals surface area (Å²) in [5, 5.41) is 0. The van der Waals surface area contributed by atoms with E-state index < -0.39 is 0 Å². The normalized spacial score (nSPS) is 10.9. The lowest BCUT2D eigenvalue weighted by molar-refractivity contribution is -0.116. The number of Topliss-reactive ketones (excluding diaryl/α,β-unsaturated/α-hetero) is 1. The molecule has 0 aliphatic heterocycles. The topological polar surface area (TPSA) is 34.1 Å². The maximum Gasteiger partial charge on any atom is 0.129 e. The fraction of sp³-hybridized carbons (Fsp3) is 0.385.